The van der Waals surface area contributed by atoms with Crippen LogP contribution in [0.1, 0.15) is 23.0 Å². The molecule has 0 saturated heterocycles. The van der Waals surface area contributed by atoms with Crippen LogP contribution in [0.4, 0.5) is 0 Å². The molecule has 0 bridgehead atoms. The summed E-state index contributed by atoms with van der Waals surface area (Å²) in [4.78, 5) is 11.9. The third-order valence-corrected chi connectivity index (χ3v) is 2.72. The molecule has 0 aliphatic heterocycles. The zero-order chi connectivity index (χ0) is 12.4. The number of carbonyl (C=O) groups is 1. The molecule has 17 heavy (non-hydrogen) atoms. The summed E-state index contributed by atoms with van der Waals surface area (Å²) >= 11 is 0. The van der Waals surface area contributed by atoms with E-state index in [-0.39, 0.29) is 5.97 Å². The lowest BCUT2D eigenvalue weighted by atomic mass is 10.1. The summed E-state index contributed by atoms with van der Waals surface area (Å²) in [7, 11) is 1.85. The number of nitrogens with zero attached hydrogens (tertiary/aromatic N) is 1. The molecule has 2 aromatic rings. The summed E-state index contributed by atoms with van der Waals surface area (Å²) in [6.07, 6.45) is 5.47. The lowest BCUT2D eigenvalue weighted by Crippen LogP contribution is -2.07. The van der Waals surface area contributed by atoms with Gasteiger partial charge in [0, 0.05) is 18.0 Å². The van der Waals surface area contributed by atoms with Crippen LogP contribution < -0.4 is 0 Å². The molecule has 3 nitrogen and oxygen atoms in total. The Hall–Kier alpha value is -2.21. The Labute approximate surface area is 100.0 Å². The van der Waals surface area contributed by atoms with Crippen molar-refractivity contribution in [2.24, 2.45) is 7.05 Å². The van der Waals surface area contributed by atoms with Gasteiger partial charge in [0.15, 0.2) is 0 Å². The van der Waals surface area contributed by atoms with E-state index in [1.807, 2.05) is 35.9 Å². The van der Waals surface area contributed by atoms with Crippen LogP contribution in [-0.2, 0) is 11.8 Å². The van der Waals surface area contributed by atoms with Gasteiger partial charge in [-0.25, -0.2) is 4.79 Å². The lowest BCUT2D eigenvalue weighted by molar-refractivity contribution is 0.0528. The number of benzene rings is 1. The fourth-order valence-corrected chi connectivity index (χ4v) is 1.97. The molecule has 0 fully saturated rings. The first-order valence-corrected chi connectivity index (χ1v) is 5.41. The quantitative estimate of drug-likeness (QED) is 0.582. The number of hydrogen-bond donors (Lipinski definition) is 0. The number of terminal acetylenes is 1. The molecule has 86 valence electrons. The van der Waals surface area contributed by atoms with E-state index in [1.165, 1.54) is 0 Å². The summed E-state index contributed by atoms with van der Waals surface area (Å²) in [6, 6.07) is 7.60. The van der Waals surface area contributed by atoms with Gasteiger partial charge in [-0.3, -0.25) is 0 Å². The van der Waals surface area contributed by atoms with Crippen LogP contribution >= 0.6 is 0 Å². The van der Waals surface area contributed by atoms with Gasteiger partial charge in [-0.2, -0.15) is 0 Å². The minimum Gasteiger partial charge on any atom is -0.462 e. The lowest BCUT2D eigenvalue weighted by Gasteiger charge is -2.01. The topological polar surface area (TPSA) is 31.2 Å². The Morgan fingerprint density at radius 2 is 2.18 bits per heavy atom. The van der Waals surface area contributed by atoms with Gasteiger partial charge >= 0.3 is 5.97 Å². The van der Waals surface area contributed by atoms with E-state index < -0.39 is 0 Å². The van der Waals surface area contributed by atoms with E-state index in [0.717, 1.165) is 10.9 Å². The van der Waals surface area contributed by atoms with E-state index in [1.54, 1.807) is 6.92 Å². The smallest absolute Gasteiger partial charge is 0.341 e. The van der Waals surface area contributed by atoms with Crippen molar-refractivity contribution in [3.8, 4) is 12.3 Å². The zero-order valence-electron chi connectivity index (χ0n) is 9.86. The van der Waals surface area contributed by atoms with Crippen molar-refractivity contribution < 1.29 is 9.53 Å². The molecule has 1 aromatic heterocycles. The highest BCUT2D eigenvalue weighted by Gasteiger charge is 2.20. The van der Waals surface area contributed by atoms with Crippen molar-refractivity contribution in [2.75, 3.05) is 6.61 Å². The normalized spacial score (nSPS) is 10.2. The third-order valence-electron chi connectivity index (χ3n) is 2.72. The summed E-state index contributed by atoms with van der Waals surface area (Å²) < 4.78 is 6.88. The van der Waals surface area contributed by atoms with Gasteiger partial charge in [0.05, 0.1) is 6.61 Å². The average molecular weight is 227 g/mol. The van der Waals surface area contributed by atoms with E-state index in [2.05, 4.69) is 5.92 Å². The SMILES string of the molecule is C#Cc1c(C(=O)OCC)c2ccccc2n1C. The van der Waals surface area contributed by atoms with Crippen LogP contribution in [0, 0.1) is 12.3 Å². The zero-order valence-corrected chi connectivity index (χ0v) is 9.86. The number of para-hydroxylation sites is 1. The molecule has 0 spiro atoms. The van der Waals surface area contributed by atoms with Gasteiger partial charge in [0.2, 0.25) is 0 Å². The van der Waals surface area contributed by atoms with Crippen molar-refractivity contribution >= 4 is 16.9 Å². The van der Waals surface area contributed by atoms with Crippen LogP contribution in [-0.4, -0.2) is 17.1 Å². The van der Waals surface area contributed by atoms with Crippen LogP contribution in [0.3, 0.4) is 0 Å². The van der Waals surface area contributed by atoms with Gasteiger partial charge in [-0.1, -0.05) is 24.1 Å². The van der Waals surface area contributed by atoms with Gasteiger partial charge in [0.25, 0.3) is 0 Å². The number of ether oxygens (including phenoxy) is 1. The fraction of sp³-hybridized carbons (Fsp3) is 0.214. The largest absolute Gasteiger partial charge is 0.462 e. The molecule has 0 unspecified atom stereocenters. The van der Waals surface area contributed by atoms with Gasteiger partial charge < -0.3 is 9.30 Å². The number of rotatable bonds is 2. The van der Waals surface area contributed by atoms with Crippen molar-refractivity contribution in [3.63, 3.8) is 0 Å². The molecule has 0 atom stereocenters. The van der Waals surface area contributed by atoms with E-state index in [0.29, 0.717) is 17.9 Å². The average Bonchev–Trinajstić information content (AvgIpc) is 2.63. The Balaban J connectivity index is 2.76. The predicted octanol–water partition coefficient (Wildman–Crippen LogP) is 2.34. The second-order valence-corrected chi connectivity index (χ2v) is 3.66. The number of aryl methyl sites for hydroxylation is 1. The summed E-state index contributed by atoms with van der Waals surface area (Å²) in [5, 5.41) is 0.835. The molecule has 0 N–H and O–H groups in total. The van der Waals surface area contributed by atoms with Crippen molar-refractivity contribution in [3.05, 3.63) is 35.5 Å². The Morgan fingerprint density at radius 1 is 1.47 bits per heavy atom. The summed E-state index contributed by atoms with van der Waals surface area (Å²) in [5.74, 6) is 2.19. The molecule has 1 heterocycles. The molecule has 1 aromatic carbocycles. The number of aromatic nitrogens is 1. The molecular weight excluding hydrogens is 214 g/mol. The molecule has 0 radical (unpaired) electrons. The highest BCUT2D eigenvalue weighted by atomic mass is 16.5. The number of fused-ring (bicyclic) bond motifs is 1. The maximum absolute atomic E-state index is 11.9. The molecule has 0 amide bonds. The summed E-state index contributed by atoms with van der Waals surface area (Å²) in [6.45, 7) is 2.12. The van der Waals surface area contributed by atoms with E-state index in [9.17, 15) is 4.79 Å². The van der Waals surface area contributed by atoms with Crippen molar-refractivity contribution in [1.82, 2.24) is 4.57 Å². The van der Waals surface area contributed by atoms with Crippen LogP contribution in [0.5, 0.6) is 0 Å². The predicted molar refractivity (Wildman–Crippen MR) is 66.8 cm³/mol. The maximum Gasteiger partial charge on any atom is 0.341 e. The van der Waals surface area contributed by atoms with Gasteiger partial charge in [-0.05, 0) is 13.0 Å². The first-order chi connectivity index (χ1) is 8.20. The molecule has 0 aliphatic carbocycles. The second kappa shape index (κ2) is 4.34. The summed E-state index contributed by atoms with van der Waals surface area (Å²) in [5.41, 5.74) is 1.97. The first-order valence-electron chi connectivity index (χ1n) is 5.41. The van der Waals surface area contributed by atoms with Crippen LogP contribution in [0.2, 0.25) is 0 Å². The monoisotopic (exact) mass is 227 g/mol. The van der Waals surface area contributed by atoms with Gasteiger partial charge in [0.1, 0.15) is 11.3 Å². The number of hydrogen-bond acceptors (Lipinski definition) is 2. The molecule has 0 saturated carbocycles. The number of carbonyl (C=O) groups excluding carboxylic acids is 1. The molecule has 0 aliphatic rings. The standard InChI is InChI=1S/C14H13NO2/c1-4-11-13(14(16)17-5-2)10-8-6-7-9-12(10)15(11)3/h1,6-9H,5H2,2-3H3. The van der Waals surface area contributed by atoms with Crippen LogP contribution in [0.25, 0.3) is 10.9 Å². The molecular formula is C14H13NO2. The highest BCUT2D eigenvalue weighted by Crippen LogP contribution is 2.25. The fourth-order valence-electron chi connectivity index (χ4n) is 1.97. The van der Waals surface area contributed by atoms with Crippen molar-refractivity contribution in [1.29, 1.82) is 0 Å². The van der Waals surface area contributed by atoms with Crippen molar-refractivity contribution in [2.45, 2.75) is 6.92 Å². The number of esters is 1. The van der Waals surface area contributed by atoms with E-state index in [4.69, 9.17) is 11.2 Å². The minimum absolute atomic E-state index is 0.339. The van der Waals surface area contributed by atoms with Gasteiger partial charge in [-0.15, -0.1) is 6.42 Å². The Morgan fingerprint density at radius 3 is 2.82 bits per heavy atom. The first kappa shape index (κ1) is 11.3. The third kappa shape index (κ3) is 1.68. The second-order valence-electron chi connectivity index (χ2n) is 3.66. The minimum atomic E-state index is -0.364. The maximum atomic E-state index is 11.9. The van der Waals surface area contributed by atoms with E-state index >= 15 is 0 Å². The molecule has 2 rings (SSSR count). The van der Waals surface area contributed by atoms with Crippen LogP contribution in [0.15, 0.2) is 24.3 Å². The Bertz CT molecular complexity index is 617. The highest BCUT2D eigenvalue weighted by molar-refractivity contribution is 6.06. The molecule has 3 heteroatoms. The Kier molecular flexibility index (Phi) is 2.88.